The van der Waals surface area contributed by atoms with Gasteiger partial charge >= 0.3 is 0 Å². The first kappa shape index (κ1) is 9.77. The van der Waals surface area contributed by atoms with Crippen LogP contribution < -0.4 is 0 Å². The molecule has 0 fully saturated rings. The van der Waals surface area contributed by atoms with Crippen molar-refractivity contribution >= 4 is 0 Å². The van der Waals surface area contributed by atoms with E-state index >= 15 is 0 Å². The second-order valence-electron chi connectivity index (χ2n) is 3.60. The van der Waals surface area contributed by atoms with E-state index < -0.39 is 0 Å². The van der Waals surface area contributed by atoms with Crippen LogP contribution in [0.2, 0.25) is 0 Å². The highest BCUT2D eigenvalue weighted by molar-refractivity contribution is 5.49. The van der Waals surface area contributed by atoms with Crippen LogP contribution in [0.3, 0.4) is 0 Å². The maximum atomic E-state index is 5.25. The molecule has 0 aliphatic carbocycles. The van der Waals surface area contributed by atoms with E-state index in [1.165, 1.54) is 0 Å². The summed E-state index contributed by atoms with van der Waals surface area (Å²) in [5, 5.41) is 8.08. The van der Waals surface area contributed by atoms with Crippen LogP contribution in [0.5, 0.6) is 0 Å². The second-order valence-corrected chi connectivity index (χ2v) is 3.60. The van der Waals surface area contributed by atoms with Gasteiger partial charge in [0.2, 0.25) is 0 Å². The van der Waals surface area contributed by atoms with Gasteiger partial charge in [-0.25, -0.2) is 4.68 Å². The van der Waals surface area contributed by atoms with E-state index in [9.17, 15) is 0 Å². The van der Waals surface area contributed by atoms with Gasteiger partial charge in [0, 0.05) is 6.20 Å². The minimum absolute atomic E-state index is 0.606. The van der Waals surface area contributed by atoms with E-state index in [4.69, 9.17) is 4.42 Å². The van der Waals surface area contributed by atoms with Crippen LogP contribution in [0, 0.1) is 0 Å². The first-order valence-corrected chi connectivity index (χ1v) is 5.26. The zero-order chi connectivity index (χ0) is 11.5. The van der Waals surface area contributed by atoms with Gasteiger partial charge in [-0.05, 0) is 24.3 Å². The molecule has 0 aliphatic rings. The van der Waals surface area contributed by atoms with Crippen molar-refractivity contribution in [1.29, 1.82) is 0 Å². The van der Waals surface area contributed by atoms with Crippen LogP contribution in [0.25, 0.3) is 11.5 Å². The minimum atomic E-state index is 0.606. The molecule has 5 heteroatoms. The lowest BCUT2D eigenvalue weighted by Gasteiger charge is -1.97. The fourth-order valence-electron chi connectivity index (χ4n) is 1.57. The molecule has 84 valence electrons. The molecule has 17 heavy (non-hydrogen) atoms. The number of nitrogens with zero attached hydrogens (tertiary/aromatic N) is 4. The van der Waals surface area contributed by atoms with Gasteiger partial charge in [-0.1, -0.05) is 11.3 Å². The highest BCUT2D eigenvalue weighted by Gasteiger charge is 2.06. The van der Waals surface area contributed by atoms with E-state index in [0.717, 1.165) is 17.1 Å². The lowest BCUT2D eigenvalue weighted by atomic mass is 10.3. The van der Waals surface area contributed by atoms with Crippen molar-refractivity contribution in [2.45, 2.75) is 6.54 Å². The lowest BCUT2D eigenvalue weighted by Crippen LogP contribution is -2.01. The zero-order valence-corrected chi connectivity index (χ0v) is 9.02. The Morgan fingerprint density at radius 2 is 2.18 bits per heavy atom. The van der Waals surface area contributed by atoms with Crippen LogP contribution in [0.4, 0.5) is 0 Å². The third-order valence-corrected chi connectivity index (χ3v) is 2.36. The summed E-state index contributed by atoms with van der Waals surface area (Å²) in [7, 11) is 0. The smallest absolute Gasteiger partial charge is 0.155 e. The highest BCUT2D eigenvalue weighted by Crippen LogP contribution is 2.15. The molecule has 0 radical (unpaired) electrons. The van der Waals surface area contributed by atoms with Crippen molar-refractivity contribution in [1.82, 2.24) is 20.0 Å². The molecule has 5 nitrogen and oxygen atoms in total. The molecule has 3 heterocycles. The summed E-state index contributed by atoms with van der Waals surface area (Å²) >= 11 is 0. The average molecular weight is 226 g/mol. The minimum Gasteiger partial charge on any atom is -0.463 e. The van der Waals surface area contributed by atoms with Gasteiger partial charge in [-0.15, -0.1) is 5.10 Å². The van der Waals surface area contributed by atoms with Crippen LogP contribution in [-0.2, 0) is 6.54 Å². The van der Waals surface area contributed by atoms with E-state index in [1.54, 1.807) is 17.1 Å². The monoisotopic (exact) mass is 226 g/mol. The molecular formula is C12H10N4O. The Morgan fingerprint density at radius 3 is 2.94 bits per heavy atom. The molecule has 3 aromatic heterocycles. The van der Waals surface area contributed by atoms with E-state index in [2.05, 4.69) is 15.3 Å². The van der Waals surface area contributed by atoms with Gasteiger partial charge in [-0.2, -0.15) is 0 Å². The molecule has 3 rings (SSSR count). The fraction of sp³-hybridized carbons (Fsp3) is 0.0833. The predicted octanol–water partition coefficient (Wildman–Crippen LogP) is 1.98. The zero-order valence-electron chi connectivity index (χ0n) is 9.02. The van der Waals surface area contributed by atoms with Gasteiger partial charge in [-0.3, -0.25) is 4.98 Å². The molecule has 0 bridgehead atoms. The van der Waals surface area contributed by atoms with Crippen molar-refractivity contribution in [2.24, 2.45) is 0 Å². The van der Waals surface area contributed by atoms with Crippen molar-refractivity contribution in [3.63, 3.8) is 0 Å². The summed E-state index contributed by atoms with van der Waals surface area (Å²) in [4.78, 5) is 4.23. The molecule has 0 aromatic carbocycles. The van der Waals surface area contributed by atoms with Gasteiger partial charge < -0.3 is 4.42 Å². The Balaban J connectivity index is 1.82. The van der Waals surface area contributed by atoms with Crippen molar-refractivity contribution in [3.05, 3.63) is 54.7 Å². The third kappa shape index (κ3) is 2.08. The molecular weight excluding hydrogens is 216 g/mol. The molecule has 3 aromatic rings. The number of hydrogen-bond donors (Lipinski definition) is 0. The Labute approximate surface area is 97.7 Å². The molecule has 0 saturated carbocycles. The fourth-order valence-corrected chi connectivity index (χ4v) is 1.57. The third-order valence-electron chi connectivity index (χ3n) is 2.36. The second kappa shape index (κ2) is 4.21. The summed E-state index contributed by atoms with van der Waals surface area (Å²) in [6, 6.07) is 9.47. The van der Waals surface area contributed by atoms with Gasteiger partial charge in [0.15, 0.2) is 5.76 Å². The Bertz CT molecular complexity index is 586. The van der Waals surface area contributed by atoms with Crippen LogP contribution in [-0.4, -0.2) is 20.0 Å². The molecule has 0 unspecified atom stereocenters. The van der Waals surface area contributed by atoms with Gasteiger partial charge in [0.25, 0.3) is 0 Å². The molecule has 0 saturated heterocycles. The van der Waals surface area contributed by atoms with Crippen molar-refractivity contribution < 1.29 is 4.42 Å². The summed E-state index contributed by atoms with van der Waals surface area (Å²) in [6.07, 6.45) is 5.22. The van der Waals surface area contributed by atoms with Crippen molar-refractivity contribution in [3.8, 4) is 11.5 Å². The maximum absolute atomic E-state index is 5.25. The molecule has 0 N–H and O–H groups in total. The highest BCUT2D eigenvalue weighted by atomic mass is 16.3. The first-order valence-electron chi connectivity index (χ1n) is 5.26. The Morgan fingerprint density at radius 1 is 1.18 bits per heavy atom. The summed E-state index contributed by atoms with van der Waals surface area (Å²) in [5.74, 6) is 0.720. The van der Waals surface area contributed by atoms with Crippen LogP contribution in [0.15, 0.2) is 53.4 Å². The number of furan rings is 1. The number of pyridine rings is 1. The maximum Gasteiger partial charge on any atom is 0.155 e. The molecule has 0 aliphatic heterocycles. The normalized spacial score (nSPS) is 10.6. The summed E-state index contributed by atoms with van der Waals surface area (Å²) in [5.41, 5.74) is 1.68. The lowest BCUT2D eigenvalue weighted by molar-refractivity contribution is 0.579. The van der Waals surface area contributed by atoms with E-state index in [0.29, 0.717) is 6.54 Å². The van der Waals surface area contributed by atoms with Crippen LogP contribution >= 0.6 is 0 Å². The largest absolute Gasteiger partial charge is 0.463 e. The topological polar surface area (TPSA) is 56.7 Å². The molecule has 0 atom stereocenters. The standard InChI is InChI=1S/C12H10N4O/c1-2-6-13-10(4-1)8-16-9-11(14-15-16)12-5-3-7-17-12/h1-7,9H,8H2. The molecule has 0 amide bonds. The number of rotatable bonds is 3. The predicted molar refractivity (Wildman–Crippen MR) is 61.1 cm³/mol. The number of aromatic nitrogens is 4. The first-order chi connectivity index (χ1) is 8.42. The quantitative estimate of drug-likeness (QED) is 0.685. The Hall–Kier alpha value is -2.43. The van der Waals surface area contributed by atoms with Crippen LogP contribution in [0.1, 0.15) is 5.69 Å². The van der Waals surface area contributed by atoms with Gasteiger partial charge in [0.05, 0.1) is 24.7 Å². The van der Waals surface area contributed by atoms with E-state index in [-0.39, 0.29) is 0 Å². The van der Waals surface area contributed by atoms with Crippen molar-refractivity contribution in [2.75, 3.05) is 0 Å². The average Bonchev–Trinajstić information content (AvgIpc) is 3.00. The van der Waals surface area contributed by atoms with E-state index in [1.807, 2.05) is 36.5 Å². The summed E-state index contributed by atoms with van der Waals surface area (Å²) in [6.45, 7) is 0.606. The summed E-state index contributed by atoms with van der Waals surface area (Å²) < 4.78 is 6.99. The SMILES string of the molecule is c1ccc(Cn2cc(-c3ccco3)nn2)nc1. The Kier molecular flexibility index (Phi) is 2.42. The van der Waals surface area contributed by atoms with Gasteiger partial charge in [0.1, 0.15) is 5.69 Å². The molecule has 0 spiro atoms. The number of hydrogen-bond acceptors (Lipinski definition) is 4.